The van der Waals surface area contributed by atoms with Crippen molar-refractivity contribution in [2.75, 3.05) is 46.3 Å². The number of rotatable bonds is 3. The lowest BCUT2D eigenvalue weighted by Gasteiger charge is -2.35. The zero-order valence-corrected chi connectivity index (χ0v) is 8.27. The second kappa shape index (κ2) is 4.95. The highest BCUT2D eigenvalue weighted by Crippen LogP contribution is 2.22. The van der Waals surface area contributed by atoms with Crippen LogP contribution in [0.4, 0.5) is 13.2 Å². The van der Waals surface area contributed by atoms with Gasteiger partial charge < -0.3 is 5.32 Å². The van der Waals surface area contributed by atoms with E-state index in [1.807, 2.05) is 11.9 Å². The van der Waals surface area contributed by atoms with Crippen LogP contribution >= 0.6 is 0 Å². The Labute approximate surface area is 81.9 Å². The highest BCUT2D eigenvalue weighted by atomic mass is 19.4. The second-order valence-corrected chi connectivity index (χ2v) is 3.40. The van der Waals surface area contributed by atoms with Crippen LogP contribution in [-0.2, 0) is 0 Å². The molecule has 3 nitrogen and oxygen atoms in total. The highest BCUT2D eigenvalue weighted by molar-refractivity contribution is 4.73. The summed E-state index contributed by atoms with van der Waals surface area (Å²) in [5.74, 6) is 0. The smallest absolute Gasteiger partial charge is 0.318 e. The number of hydrogen-bond acceptors (Lipinski definition) is 3. The van der Waals surface area contributed by atoms with Crippen LogP contribution in [0.5, 0.6) is 0 Å². The lowest BCUT2D eigenvalue weighted by atomic mass is 10.3. The van der Waals surface area contributed by atoms with Crippen molar-refractivity contribution in [3.05, 3.63) is 0 Å². The molecular weight excluding hydrogens is 195 g/mol. The second-order valence-electron chi connectivity index (χ2n) is 3.40. The number of piperazine rings is 1. The van der Waals surface area contributed by atoms with E-state index in [0.717, 1.165) is 13.1 Å². The lowest BCUT2D eigenvalue weighted by Crippen LogP contribution is -2.52. The van der Waals surface area contributed by atoms with Gasteiger partial charge >= 0.3 is 6.30 Å². The molecule has 1 aliphatic heterocycles. The predicted octanol–water partition coefficient (Wildman–Crippen LogP) is 0.343. The summed E-state index contributed by atoms with van der Waals surface area (Å²) in [5, 5.41) is 2.98. The van der Waals surface area contributed by atoms with Gasteiger partial charge in [-0.1, -0.05) is 0 Å². The Bertz CT molecular complexity index is 164. The Morgan fingerprint density at radius 2 is 1.71 bits per heavy atom. The summed E-state index contributed by atoms with van der Waals surface area (Å²) in [6.45, 7) is 2.83. The van der Waals surface area contributed by atoms with Crippen LogP contribution in [0.25, 0.3) is 0 Å². The maximum Gasteiger partial charge on any atom is 0.460 e. The van der Waals surface area contributed by atoms with Crippen LogP contribution in [0.2, 0.25) is 0 Å². The van der Waals surface area contributed by atoms with Gasteiger partial charge in [-0.25, -0.2) is 4.90 Å². The largest absolute Gasteiger partial charge is 0.460 e. The summed E-state index contributed by atoms with van der Waals surface area (Å²) in [6.07, 6.45) is -4.16. The quantitative estimate of drug-likeness (QED) is 0.679. The van der Waals surface area contributed by atoms with Gasteiger partial charge in [0.05, 0.1) is 0 Å². The number of alkyl halides is 3. The minimum Gasteiger partial charge on any atom is -0.318 e. The number of likely N-dealkylation sites (N-methyl/N-ethyl adjacent to an activating group) is 1. The molecule has 1 aliphatic rings. The van der Waals surface area contributed by atoms with Crippen molar-refractivity contribution in [3.63, 3.8) is 0 Å². The molecule has 1 heterocycles. The average Bonchev–Trinajstić information content (AvgIpc) is 2.14. The minimum atomic E-state index is -4.16. The SMILES string of the molecule is CNCCN1CCN(C(F)(F)F)CC1. The predicted molar refractivity (Wildman–Crippen MR) is 48.0 cm³/mol. The van der Waals surface area contributed by atoms with Gasteiger partial charge in [-0.2, -0.15) is 13.2 Å². The van der Waals surface area contributed by atoms with Crippen molar-refractivity contribution in [2.24, 2.45) is 0 Å². The third-order valence-electron chi connectivity index (χ3n) is 2.41. The fourth-order valence-corrected chi connectivity index (χ4v) is 1.49. The van der Waals surface area contributed by atoms with Crippen molar-refractivity contribution < 1.29 is 13.2 Å². The fourth-order valence-electron chi connectivity index (χ4n) is 1.49. The van der Waals surface area contributed by atoms with Crippen molar-refractivity contribution in [1.82, 2.24) is 15.1 Å². The Hall–Kier alpha value is -0.330. The van der Waals surface area contributed by atoms with E-state index in [9.17, 15) is 13.2 Å². The number of halogens is 3. The molecule has 0 aromatic heterocycles. The van der Waals surface area contributed by atoms with Gasteiger partial charge in [0.25, 0.3) is 0 Å². The molecule has 0 amide bonds. The Morgan fingerprint density at radius 3 is 2.14 bits per heavy atom. The van der Waals surface area contributed by atoms with E-state index in [2.05, 4.69) is 5.32 Å². The van der Waals surface area contributed by atoms with Crippen molar-refractivity contribution in [1.29, 1.82) is 0 Å². The molecule has 1 fully saturated rings. The summed E-state index contributed by atoms with van der Waals surface area (Å²) in [6, 6.07) is 0. The summed E-state index contributed by atoms with van der Waals surface area (Å²) in [5.41, 5.74) is 0. The van der Waals surface area contributed by atoms with Gasteiger partial charge in [-0.3, -0.25) is 4.90 Å². The van der Waals surface area contributed by atoms with Gasteiger partial charge in [0.2, 0.25) is 0 Å². The summed E-state index contributed by atoms with van der Waals surface area (Å²) in [4.78, 5) is 2.61. The lowest BCUT2D eigenvalue weighted by molar-refractivity contribution is -0.252. The first-order valence-corrected chi connectivity index (χ1v) is 4.73. The molecule has 0 bridgehead atoms. The third-order valence-corrected chi connectivity index (χ3v) is 2.41. The first-order chi connectivity index (χ1) is 6.54. The van der Waals surface area contributed by atoms with E-state index in [0.29, 0.717) is 18.0 Å². The Balaban J connectivity index is 2.24. The van der Waals surface area contributed by atoms with Crippen LogP contribution in [-0.4, -0.2) is 62.4 Å². The van der Waals surface area contributed by atoms with E-state index in [1.54, 1.807) is 0 Å². The minimum absolute atomic E-state index is 0.0905. The van der Waals surface area contributed by atoms with Crippen molar-refractivity contribution >= 4 is 0 Å². The Kier molecular flexibility index (Phi) is 4.15. The van der Waals surface area contributed by atoms with Crippen LogP contribution in [0.15, 0.2) is 0 Å². The van der Waals surface area contributed by atoms with Crippen LogP contribution < -0.4 is 5.32 Å². The zero-order chi connectivity index (χ0) is 10.6. The van der Waals surface area contributed by atoms with Gasteiger partial charge in [0.1, 0.15) is 0 Å². The topological polar surface area (TPSA) is 18.5 Å². The molecule has 0 aromatic rings. The monoisotopic (exact) mass is 211 g/mol. The standard InChI is InChI=1S/C8H16F3N3/c1-12-2-3-13-4-6-14(7-5-13)8(9,10)11/h12H,2-7H2,1H3. The third kappa shape index (κ3) is 3.43. The molecular formula is C8H16F3N3. The van der Waals surface area contributed by atoms with E-state index >= 15 is 0 Å². The van der Waals surface area contributed by atoms with E-state index in [-0.39, 0.29) is 13.1 Å². The van der Waals surface area contributed by atoms with Crippen molar-refractivity contribution in [2.45, 2.75) is 6.30 Å². The molecule has 0 radical (unpaired) electrons. The van der Waals surface area contributed by atoms with Crippen molar-refractivity contribution in [3.8, 4) is 0 Å². The average molecular weight is 211 g/mol. The Morgan fingerprint density at radius 1 is 1.14 bits per heavy atom. The highest BCUT2D eigenvalue weighted by Gasteiger charge is 2.38. The first-order valence-electron chi connectivity index (χ1n) is 4.73. The summed E-state index contributed by atoms with van der Waals surface area (Å²) < 4.78 is 36.6. The maximum absolute atomic E-state index is 12.2. The number of nitrogens with zero attached hydrogens (tertiary/aromatic N) is 2. The van der Waals surface area contributed by atoms with E-state index in [4.69, 9.17) is 0 Å². The first kappa shape index (κ1) is 11.7. The number of hydrogen-bond donors (Lipinski definition) is 1. The van der Waals surface area contributed by atoms with Gasteiger partial charge in [0.15, 0.2) is 0 Å². The molecule has 0 aromatic carbocycles. The molecule has 84 valence electrons. The summed E-state index contributed by atoms with van der Waals surface area (Å²) in [7, 11) is 1.84. The molecule has 0 atom stereocenters. The molecule has 1 saturated heterocycles. The molecule has 0 unspecified atom stereocenters. The summed E-state index contributed by atoms with van der Waals surface area (Å²) >= 11 is 0. The molecule has 0 saturated carbocycles. The maximum atomic E-state index is 12.2. The van der Waals surface area contributed by atoms with E-state index < -0.39 is 6.30 Å². The number of nitrogens with one attached hydrogen (secondary N) is 1. The zero-order valence-electron chi connectivity index (χ0n) is 8.27. The molecule has 0 spiro atoms. The molecule has 0 aliphatic carbocycles. The van der Waals surface area contributed by atoms with Gasteiger partial charge in [-0.15, -0.1) is 0 Å². The normalized spacial score (nSPS) is 21.4. The molecule has 14 heavy (non-hydrogen) atoms. The van der Waals surface area contributed by atoms with Gasteiger partial charge in [0, 0.05) is 39.3 Å². The van der Waals surface area contributed by atoms with E-state index in [1.165, 1.54) is 0 Å². The van der Waals surface area contributed by atoms with Crippen LogP contribution in [0.3, 0.4) is 0 Å². The fraction of sp³-hybridized carbons (Fsp3) is 1.00. The van der Waals surface area contributed by atoms with Crippen LogP contribution in [0, 0.1) is 0 Å². The molecule has 6 heteroatoms. The molecule has 1 N–H and O–H groups in total. The van der Waals surface area contributed by atoms with Gasteiger partial charge in [-0.05, 0) is 7.05 Å². The van der Waals surface area contributed by atoms with Crippen LogP contribution in [0.1, 0.15) is 0 Å². The molecule has 1 rings (SSSR count).